The summed E-state index contributed by atoms with van der Waals surface area (Å²) < 4.78 is 10.2. The van der Waals surface area contributed by atoms with Gasteiger partial charge >= 0.3 is 5.97 Å². The second kappa shape index (κ2) is 8.73. The van der Waals surface area contributed by atoms with E-state index in [4.69, 9.17) is 14.6 Å². The van der Waals surface area contributed by atoms with E-state index in [1.54, 1.807) is 25.3 Å². The lowest BCUT2D eigenvalue weighted by molar-refractivity contribution is -0.139. The molecule has 0 aliphatic carbocycles. The number of methoxy groups -OCH3 is 1. The Morgan fingerprint density at radius 2 is 1.84 bits per heavy atom. The first-order valence-electron chi connectivity index (χ1n) is 7.85. The Labute approximate surface area is 146 Å². The zero-order valence-electron chi connectivity index (χ0n) is 14.2. The maximum Gasteiger partial charge on any atom is 0.341 e. The molecular formula is C19H21NO5. The predicted octanol–water partition coefficient (Wildman–Crippen LogP) is 2.58. The summed E-state index contributed by atoms with van der Waals surface area (Å²) in [5.74, 6) is -0.224. The highest BCUT2D eigenvalue weighted by atomic mass is 16.5. The molecule has 2 aromatic carbocycles. The Balaban J connectivity index is 1.92. The van der Waals surface area contributed by atoms with Crippen molar-refractivity contribution >= 4 is 11.9 Å². The van der Waals surface area contributed by atoms with Crippen LogP contribution in [-0.4, -0.2) is 30.7 Å². The standard InChI is InChI=1S/C19H21NO5/c1-13(15-6-8-16(24-2)9-7-15)19(23)20-11-14-4-3-5-17(10-14)25-12-18(21)22/h3-10,13H,11-12H2,1-2H3,(H,20,23)(H,21,22). The summed E-state index contributed by atoms with van der Waals surface area (Å²) in [6, 6.07) is 14.4. The van der Waals surface area contributed by atoms with Crippen LogP contribution in [0.2, 0.25) is 0 Å². The molecule has 0 bridgehead atoms. The molecule has 0 spiro atoms. The Morgan fingerprint density at radius 1 is 1.12 bits per heavy atom. The number of amides is 1. The highest BCUT2D eigenvalue weighted by molar-refractivity contribution is 5.83. The molecule has 6 heteroatoms. The van der Waals surface area contributed by atoms with Crippen molar-refractivity contribution in [3.05, 3.63) is 59.7 Å². The van der Waals surface area contributed by atoms with Crippen LogP contribution >= 0.6 is 0 Å². The minimum absolute atomic E-state index is 0.0953. The van der Waals surface area contributed by atoms with E-state index in [9.17, 15) is 9.59 Å². The second-order valence-electron chi connectivity index (χ2n) is 5.54. The van der Waals surface area contributed by atoms with E-state index in [1.165, 1.54) is 0 Å². The van der Waals surface area contributed by atoms with Gasteiger partial charge in [0.25, 0.3) is 0 Å². The summed E-state index contributed by atoms with van der Waals surface area (Å²) in [7, 11) is 1.60. The van der Waals surface area contributed by atoms with E-state index in [0.717, 1.165) is 16.9 Å². The normalized spacial score (nSPS) is 11.4. The molecule has 1 amide bonds. The van der Waals surface area contributed by atoms with Crippen LogP contribution in [0.15, 0.2) is 48.5 Å². The third kappa shape index (κ3) is 5.53. The maximum absolute atomic E-state index is 12.3. The van der Waals surface area contributed by atoms with Crippen LogP contribution in [0.3, 0.4) is 0 Å². The molecule has 0 saturated carbocycles. The van der Waals surface area contributed by atoms with Crippen LogP contribution in [0.1, 0.15) is 24.0 Å². The fourth-order valence-corrected chi connectivity index (χ4v) is 2.28. The summed E-state index contributed by atoms with van der Waals surface area (Å²) in [5, 5.41) is 11.5. The van der Waals surface area contributed by atoms with Gasteiger partial charge in [-0.25, -0.2) is 4.79 Å². The van der Waals surface area contributed by atoms with Crippen molar-refractivity contribution in [1.29, 1.82) is 0 Å². The van der Waals surface area contributed by atoms with E-state index in [0.29, 0.717) is 12.3 Å². The largest absolute Gasteiger partial charge is 0.497 e. The van der Waals surface area contributed by atoms with Gasteiger partial charge in [-0.1, -0.05) is 24.3 Å². The third-order valence-corrected chi connectivity index (χ3v) is 3.74. The van der Waals surface area contributed by atoms with Crippen molar-refractivity contribution in [2.24, 2.45) is 0 Å². The smallest absolute Gasteiger partial charge is 0.341 e. The van der Waals surface area contributed by atoms with Crippen molar-refractivity contribution in [2.45, 2.75) is 19.4 Å². The molecule has 0 aliphatic rings. The number of ether oxygens (including phenoxy) is 2. The number of rotatable bonds is 8. The van der Waals surface area contributed by atoms with Gasteiger partial charge in [0.15, 0.2) is 6.61 Å². The molecule has 1 atom stereocenters. The van der Waals surface area contributed by atoms with Gasteiger partial charge in [0, 0.05) is 6.54 Å². The lowest BCUT2D eigenvalue weighted by atomic mass is 10.00. The van der Waals surface area contributed by atoms with Crippen LogP contribution in [0.5, 0.6) is 11.5 Å². The number of hydrogen-bond donors (Lipinski definition) is 2. The number of carbonyl (C=O) groups is 2. The maximum atomic E-state index is 12.3. The Bertz CT molecular complexity index is 727. The minimum atomic E-state index is -1.04. The Hall–Kier alpha value is -3.02. The van der Waals surface area contributed by atoms with Gasteiger partial charge in [0.1, 0.15) is 11.5 Å². The second-order valence-corrected chi connectivity index (χ2v) is 5.54. The highest BCUT2D eigenvalue weighted by Gasteiger charge is 2.15. The molecule has 1 unspecified atom stereocenters. The van der Waals surface area contributed by atoms with Gasteiger partial charge in [-0.15, -0.1) is 0 Å². The number of carboxylic acids is 1. The fraction of sp³-hybridized carbons (Fsp3) is 0.263. The molecule has 0 aromatic heterocycles. The van der Waals surface area contributed by atoms with Gasteiger partial charge in [-0.05, 0) is 42.3 Å². The summed E-state index contributed by atoms with van der Waals surface area (Å²) in [5.41, 5.74) is 1.73. The summed E-state index contributed by atoms with van der Waals surface area (Å²) in [6.07, 6.45) is 0. The summed E-state index contributed by atoms with van der Waals surface area (Å²) >= 11 is 0. The van der Waals surface area contributed by atoms with Crippen LogP contribution in [0.25, 0.3) is 0 Å². The average Bonchev–Trinajstić information content (AvgIpc) is 2.64. The van der Waals surface area contributed by atoms with Crippen molar-refractivity contribution in [3.63, 3.8) is 0 Å². The summed E-state index contributed by atoms with van der Waals surface area (Å²) in [4.78, 5) is 22.9. The monoisotopic (exact) mass is 343 g/mol. The first kappa shape index (κ1) is 18.3. The molecule has 132 valence electrons. The number of carboxylic acid groups (broad SMARTS) is 1. The molecule has 6 nitrogen and oxygen atoms in total. The Kier molecular flexibility index (Phi) is 6.39. The first-order valence-corrected chi connectivity index (χ1v) is 7.85. The SMILES string of the molecule is COc1ccc(C(C)C(=O)NCc2cccc(OCC(=O)O)c2)cc1. The Morgan fingerprint density at radius 3 is 2.48 bits per heavy atom. The molecule has 2 aromatic rings. The van der Waals surface area contributed by atoms with Gasteiger partial charge in [0.05, 0.1) is 13.0 Å². The van der Waals surface area contributed by atoms with E-state index >= 15 is 0 Å². The van der Waals surface area contributed by atoms with Gasteiger partial charge < -0.3 is 19.9 Å². The van der Waals surface area contributed by atoms with E-state index in [-0.39, 0.29) is 11.8 Å². The molecule has 0 radical (unpaired) electrons. The zero-order chi connectivity index (χ0) is 18.2. The summed E-state index contributed by atoms with van der Waals surface area (Å²) in [6.45, 7) is 1.78. The van der Waals surface area contributed by atoms with E-state index in [1.807, 2.05) is 37.3 Å². The van der Waals surface area contributed by atoms with Crippen LogP contribution in [-0.2, 0) is 16.1 Å². The minimum Gasteiger partial charge on any atom is -0.497 e. The number of nitrogens with one attached hydrogen (secondary N) is 1. The molecule has 2 rings (SSSR count). The van der Waals surface area contributed by atoms with E-state index in [2.05, 4.69) is 5.32 Å². The topological polar surface area (TPSA) is 84.9 Å². The molecule has 25 heavy (non-hydrogen) atoms. The van der Waals surface area contributed by atoms with Crippen molar-refractivity contribution in [2.75, 3.05) is 13.7 Å². The first-order chi connectivity index (χ1) is 12.0. The lowest BCUT2D eigenvalue weighted by Crippen LogP contribution is -2.27. The number of hydrogen-bond acceptors (Lipinski definition) is 4. The number of aliphatic carboxylic acids is 1. The van der Waals surface area contributed by atoms with Crippen LogP contribution in [0.4, 0.5) is 0 Å². The average molecular weight is 343 g/mol. The van der Waals surface area contributed by atoms with Crippen molar-refractivity contribution in [3.8, 4) is 11.5 Å². The van der Waals surface area contributed by atoms with Crippen LogP contribution in [0, 0.1) is 0 Å². The quantitative estimate of drug-likeness (QED) is 0.769. The molecule has 2 N–H and O–H groups in total. The number of benzene rings is 2. The van der Waals surface area contributed by atoms with E-state index < -0.39 is 12.6 Å². The van der Waals surface area contributed by atoms with Crippen molar-refractivity contribution in [1.82, 2.24) is 5.32 Å². The third-order valence-electron chi connectivity index (χ3n) is 3.74. The molecular weight excluding hydrogens is 322 g/mol. The molecule has 0 aliphatic heterocycles. The van der Waals surface area contributed by atoms with Gasteiger partial charge in [-0.3, -0.25) is 4.79 Å². The highest BCUT2D eigenvalue weighted by Crippen LogP contribution is 2.19. The van der Waals surface area contributed by atoms with Gasteiger partial charge in [0.2, 0.25) is 5.91 Å². The van der Waals surface area contributed by atoms with Crippen LogP contribution < -0.4 is 14.8 Å². The zero-order valence-corrected chi connectivity index (χ0v) is 14.2. The van der Waals surface area contributed by atoms with Crippen molar-refractivity contribution < 1.29 is 24.2 Å². The number of carbonyl (C=O) groups excluding carboxylic acids is 1. The molecule has 0 heterocycles. The fourth-order valence-electron chi connectivity index (χ4n) is 2.28. The van der Waals surface area contributed by atoms with Gasteiger partial charge in [-0.2, -0.15) is 0 Å². The molecule has 0 saturated heterocycles. The molecule has 0 fully saturated rings. The lowest BCUT2D eigenvalue weighted by Gasteiger charge is -2.13. The predicted molar refractivity (Wildman–Crippen MR) is 92.8 cm³/mol.